The molecule has 0 saturated carbocycles. The lowest BCUT2D eigenvalue weighted by Crippen LogP contribution is -2.33. The Morgan fingerprint density at radius 2 is 1.36 bits per heavy atom. The number of rotatable bonds is 26. The quantitative estimate of drug-likeness (QED) is 0.0247. The minimum absolute atomic E-state index is 0.216. The first-order valence-electron chi connectivity index (χ1n) is 28.4. The Kier molecular flexibility index (Phi) is 18.4. The van der Waals surface area contributed by atoms with Crippen LogP contribution in [0.5, 0.6) is 5.75 Å². The van der Waals surface area contributed by atoms with Crippen LogP contribution in [0.1, 0.15) is 147 Å². The Labute approximate surface area is 474 Å². The van der Waals surface area contributed by atoms with E-state index in [1.807, 2.05) is 30.3 Å². The zero-order valence-electron chi connectivity index (χ0n) is 46.2. The van der Waals surface area contributed by atoms with Gasteiger partial charge >= 0.3 is 5.97 Å². The van der Waals surface area contributed by atoms with Crippen LogP contribution in [0.2, 0.25) is 0 Å². The van der Waals surface area contributed by atoms with Gasteiger partial charge in [-0.25, -0.2) is 4.79 Å². The second-order valence-corrected chi connectivity index (χ2v) is 24.8. The van der Waals surface area contributed by atoms with E-state index in [9.17, 15) is 25.1 Å². The summed E-state index contributed by atoms with van der Waals surface area (Å²) in [6, 6.07) is 38.1. The summed E-state index contributed by atoms with van der Waals surface area (Å²) in [5.74, 6) is -0.189. The van der Waals surface area contributed by atoms with Crippen LogP contribution in [-0.4, -0.2) is 46.8 Å². The van der Waals surface area contributed by atoms with Crippen LogP contribution in [0.4, 0.5) is 17.1 Å². The lowest BCUT2D eigenvalue weighted by atomic mass is 9.78. The Bertz CT molecular complexity index is 3350. The molecular formula is C67H73N3O5S3. The number of nitrogens with zero attached hydrogens (tertiary/aromatic N) is 3. The molecule has 2 aromatic heterocycles. The summed E-state index contributed by atoms with van der Waals surface area (Å²) >= 11 is 4.74. The van der Waals surface area contributed by atoms with Gasteiger partial charge in [-0.2, -0.15) is 9.84 Å². The van der Waals surface area contributed by atoms with Crippen molar-refractivity contribution in [1.29, 1.82) is 5.26 Å². The number of thiophene rings is 2. The Balaban J connectivity index is 0.967. The number of unbranched alkanes of at least 4 members (excludes halogenated alkanes) is 9. The molecule has 4 aromatic carbocycles. The molecule has 11 heteroatoms. The van der Waals surface area contributed by atoms with Crippen LogP contribution < -0.4 is 14.7 Å². The molecule has 1 unspecified atom stereocenters. The number of fused-ring (bicyclic) bond motifs is 3. The van der Waals surface area contributed by atoms with Crippen molar-refractivity contribution in [3.8, 4) is 43.8 Å². The van der Waals surface area contributed by atoms with Gasteiger partial charge in [0.15, 0.2) is 11.5 Å². The zero-order valence-corrected chi connectivity index (χ0v) is 48.7. The van der Waals surface area contributed by atoms with E-state index in [1.165, 1.54) is 113 Å². The highest BCUT2D eigenvalue weighted by molar-refractivity contribution is 7.99. The van der Waals surface area contributed by atoms with E-state index in [0.717, 1.165) is 101 Å². The number of benzene rings is 4. The summed E-state index contributed by atoms with van der Waals surface area (Å²) in [7, 11) is 0. The molecule has 8 nitrogen and oxygen atoms in total. The highest BCUT2D eigenvalue weighted by Gasteiger charge is 2.46. The maximum Gasteiger partial charge on any atom is 0.346 e. The molecule has 0 saturated heterocycles. The van der Waals surface area contributed by atoms with Gasteiger partial charge in [0.25, 0.3) is 0 Å². The maximum atomic E-state index is 14.3. The van der Waals surface area contributed by atoms with Crippen LogP contribution in [-0.2, 0) is 15.0 Å². The molecule has 2 aliphatic heterocycles. The third kappa shape index (κ3) is 12.2. The predicted octanol–water partition coefficient (Wildman–Crippen LogP) is 17.6. The molecule has 3 aliphatic rings. The van der Waals surface area contributed by atoms with Crippen molar-refractivity contribution in [2.24, 2.45) is 5.92 Å². The molecule has 9 rings (SSSR count). The second kappa shape index (κ2) is 25.6. The molecule has 1 aliphatic carbocycles. The SMILES string of the molecule is CCCCCCCC[N+]1=C(/C=C2/C(=O)C(c3ccc(-c4ccc5c(c4)Sc4cc(-c6ccc(OCC(CC)CCCC)cc6)ccc4N5CCCCCC)s3)=C2[O-])C(C)(C)c2cc(-c3ccc(/C=C(/C#N)C(=O)O)s3)ccc21. The van der Waals surface area contributed by atoms with Gasteiger partial charge in [-0.05, 0) is 140 Å². The van der Waals surface area contributed by atoms with Crippen molar-refractivity contribution >= 4 is 80.6 Å². The first-order valence-corrected chi connectivity index (χ1v) is 30.8. The van der Waals surface area contributed by atoms with Crippen molar-refractivity contribution in [1.82, 2.24) is 0 Å². The minimum Gasteiger partial charge on any atom is -0.871 e. The van der Waals surface area contributed by atoms with E-state index in [1.54, 1.807) is 17.8 Å². The average Bonchev–Trinajstić information content (AvgIpc) is 4.37. The lowest BCUT2D eigenvalue weighted by Gasteiger charge is -2.33. The minimum atomic E-state index is -1.25. The molecule has 6 aromatic rings. The van der Waals surface area contributed by atoms with Crippen molar-refractivity contribution < 1.29 is 29.1 Å². The average molecular weight is 1100 g/mol. The van der Waals surface area contributed by atoms with Gasteiger partial charge in [-0.3, -0.25) is 4.79 Å². The molecule has 1 atom stereocenters. The lowest BCUT2D eigenvalue weighted by molar-refractivity contribution is -0.438. The number of carboxylic acid groups (broad SMARTS) is 1. The number of nitriles is 1. The second-order valence-electron chi connectivity index (χ2n) is 21.5. The number of ether oxygens (including phenoxy) is 1. The third-order valence-corrected chi connectivity index (χ3v) is 19.0. The van der Waals surface area contributed by atoms with Gasteiger partial charge in [0.1, 0.15) is 23.9 Å². The standard InChI is InChI=1S/C67H73N3O5S3/c1-7-11-14-16-17-19-36-70-54-29-24-47(57-32-28-51(76-57)37-49(42-68)66(73)74)38-53(54)67(5,6)62(70)41-52-64(71)63(65(52)72)59-34-33-58(77-59)48-25-31-56-61(40-48)78-60-39-46(23-30-55(60)69(56)35-18-15-12-8-2)45-21-26-50(27-22-45)75-43-44(10-4)20-13-9-3/h21-34,37-41,44H,7-20,35-36,43H2,1-6H3,(H-,71,72,73,74)/b49-37-. The first-order chi connectivity index (χ1) is 37.9. The number of hydrogen-bond acceptors (Lipinski definition) is 9. The van der Waals surface area contributed by atoms with Crippen molar-refractivity contribution in [2.75, 3.05) is 24.6 Å². The number of aliphatic carboxylic acids is 1. The summed E-state index contributed by atoms with van der Waals surface area (Å²) < 4.78 is 8.57. The molecule has 0 fully saturated rings. The summed E-state index contributed by atoms with van der Waals surface area (Å²) in [5.41, 5.74) is 9.52. The van der Waals surface area contributed by atoms with E-state index in [-0.39, 0.29) is 28.3 Å². The molecule has 0 amide bonds. The van der Waals surface area contributed by atoms with Gasteiger partial charge in [-0.1, -0.05) is 134 Å². The van der Waals surface area contributed by atoms with E-state index >= 15 is 0 Å². The smallest absolute Gasteiger partial charge is 0.346 e. The largest absolute Gasteiger partial charge is 0.871 e. The molecule has 0 radical (unpaired) electrons. The molecule has 0 spiro atoms. The number of hydrogen-bond donors (Lipinski definition) is 1. The molecule has 0 bridgehead atoms. The highest BCUT2D eigenvalue weighted by atomic mass is 32.2. The Hall–Kier alpha value is -6.45. The first kappa shape index (κ1) is 56.3. The molecule has 78 heavy (non-hydrogen) atoms. The van der Waals surface area contributed by atoms with Gasteiger partial charge in [0.2, 0.25) is 5.69 Å². The topological polar surface area (TPSA) is 117 Å². The third-order valence-electron chi connectivity index (χ3n) is 15.7. The molecule has 404 valence electrons. The fourth-order valence-corrected chi connectivity index (χ4v) is 14.2. The number of allylic oxidation sites excluding steroid dienone is 3. The number of carboxylic acids is 1. The van der Waals surface area contributed by atoms with Crippen LogP contribution in [0, 0.1) is 17.2 Å². The van der Waals surface area contributed by atoms with E-state index in [0.29, 0.717) is 15.7 Å². The number of carbonyl (C=O) groups excluding carboxylic acids is 1. The van der Waals surface area contributed by atoms with Crippen molar-refractivity contribution in [2.45, 2.75) is 147 Å². The summed E-state index contributed by atoms with van der Waals surface area (Å²) in [5, 5.41) is 33.1. The van der Waals surface area contributed by atoms with Crippen LogP contribution in [0.3, 0.4) is 0 Å². The number of ketones is 1. The summed E-state index contributed by atoms with van der Waals surface area (Å²) in [6.45, 7) is 15.7. The van der Waals surface area contributed by atoms with Gasteiger partial charge in [0.05, 0.1) is 23.4 Å². The zero-order chi connectivity index (χ0) is 54.9. The summed E-state index contributed by atoms with van der Waals surface area (Å²) in [6.07, 6.45) is 19.6. The molecule has 4 heterocycles. The van der Waals surface area contributed by atoms with E-state index in [2.05, 4.69) is 130 Å². The molecular weight excluding hydrogens is 1020 g/mol. The monoisotopic (exact) mass is 1100 g/mol. The number of carbonyl (C=O) groups is 2. The fourth-order valence-electron chi connectivity index (χ4n) is 11.0. The summed E-state index contributed by atoms with van der Waals surface area (Å²) in [4.78, 5) is 34.1. The Morgan fingerprint density at radius 3 is 2.05 bits per heavy atom. The fraction of sp³-hybridized carbons (Fsp3) is 0.373. The van der Waals surface area contributed by atoms with Crippen LogP contribution in [0.15, 0.2) is 136 Å². The van der Waals surface area contributed by atoms with Gasteiger partial charge in [0, 0.05) is 71.1 Å². The van der Waals surface area contributed by atoms with E-state index in [4.69, 9.17) is 4.74 Å². The van der Waals surface area contributed by atoms with E-state index < -0.39 is 11.4 Å². The maximum absolute atomic E-state index is 14.3. The number of anilines is 2. The van der Waals surface area contributed by atoms with Crippen molar-refractivity contribution in [3.63, 3.8) is 0 Å². The van der Waals surface area contributed by atoms with Crippen molar-refractivity contribution in [3.05, 3.63) is 141 Å². The predicted molar refractivity (Wildman–Crippen MR) is 323 cm³/mol. The van der Waals surface area contributed by atoms with Crippen LogP contribution in [0.25, 0.3) is 43.7 Å². The molecule has 1 N–H and O–H groups in total. The van der Waals surface area contributed by atoms with Gasteiger partial charge in [-0.15, -0.1) is 22.7 Å². The normalized spacial score (nSPS) is 15.6. The highest BCUT2D eigenvalue weighted by Crippen LogP contribution is 2.52. The number of Topliss-reactive ketones (excluding diaryl/α,β-unsaturated/α-hetero) is 1. The van der Waals surface area contributed by atoms with Gasteiger partial charge < -0.3 is 19.8 Å². The van der Waals surface area contributed by atoms with Crippen LogP contribution >= 0.6 is 34.4 Å². The Morgan fingerprint density at radius 1 is 0.744 bits per heavy atom.